The summed E-state index contributed by atoms with van der Waals surface area (Å²) in [4.78, 5) is 13.5. The Morgan fingerprint density at radius 1 is 1.62 bits per heavy atom. The molecule has 0 aliphatic heterocycles. The number of carboxylic acids is 1. The van der Waals surface area contributed by atoms with Crippen LogP contribution in [0, 0.1) is 0 Å². The highest BCUT2D eigenvalue weighted by molar-refractivity contribution is 7.12. The first kappa shape index (κ1) is 13.2. The molecule has 0 bridgehead atoms. The quantitative estimate of drug-likeness (QED) is 0.711. The minimum Gasteiger partial charge on any atom is -0.477 e. The first-order chi connectivity index (χ1) is 7.65. The molecular weight excluding hydrogens is 224 g/mol. The Morgan fingerprint density at radius 2 is 2.38 bits per heavy atom. The van der Waals surface area contributed by atoms with Crippen molar-refractivity contribution in [2.24, 2.45) is 0 Å². The maximum Gasteiger partial charge on any atom is 0.346 e. The van der Waals surface area contributed by atoms with Crippen molar-refractivity contribution < 1.29 is 9.90 Å². The molecule has 1 aromatic rings. The van der Waals surface area contributed by atoms with Gasteiger partial charge >= 0.3 is 5.97 Å². The van der Waals surface area contributed by atoms with Crippen LogP contribution in [0.5, 0.6) is 0 Å². The molecule has 0 atom stereocenters. The first-order valence-electron chi connectivity index (χ1n) is 5.28. The molecule has 0 radical (unpaired) electrons. The predicted octanol–water partition coefficient (Wildman–Crippen LogP) is 1.49. The van der Waals surface area contributed by atoms with E-state index in [-0.39, 0.29) is 0 Å². The van der Waals surface area contributed by atoms with E-state index in [0.29, 0.717) is 11.4 Å². The maximum absolute atomic E-state index is 10.9. The second-order valence-electron chi connectivity index (χ2n) is 3.78. The molecule has 0 aromatic carbocycles. The lowest BCUT2D eigenvalue weighted by Crippen LogP contribution is -2.22. The Morgan fingerprint density at radius 3 is 3.00 bits per heavy atom. The van der Waals surface area contributed by atoms with E-state index in [1.54, 1.807) is 0 Å². The van der Waals surface area contributed by atoms with E-state index in [2.05, 4.69) is 10.2 Å². The van der Waals surface area contributed by atoms with Crippen LogP contribution in [-0.4, -0.2) is 43.2 Å². The Balaban J connectivity index is 2.46. The van der Waals surface area contributed by atoms with Crippen molar-refractivity contribution in [1.29, 1.82) is 0 Å². The lowest BCUT2D eigenvalue weighted by atomic mass is 10.2. The predicted molar refractivity (Wildman–Crippen MR) is 66.2 cm³/mol. The van der Waals surface area contributed by atoms with E-state index in [4.69, 9.17) is 5.11 Å². The minimum absolute atomic E-state index is 0.459. The molecule has 4 nitrogen and oxygen atoms in total. The number of nitrogens with zero attached hydrogens (tertiary/aromatic N) is 1. The lowest BCUT2D eigenvalue weighted by Gasteiger charge is -2.16. The Labute approximate surface area is 99.9 Å². The number of nitrogens with one attached hydrogen (secondary N) is 1. The molecule has 5 heteroatoms. The van der Waals surface area contributed by atoms with Gasteiger partial charge in [-0.3, -0.25) is 0 Å². The van der Waals surface area contributed by atoms with E-state index in [9.17, 15) is 4.79 Å². The number of thiophene rings is 1. The van der Waals surface area contributed by atoms with Crippen LogP contribution in [0.2, 0.25) is 0 Å². The monoisotopic (exact) mass is 242 g/mol. The van der Waals surface area contributed by atoms with Crippen LogP contribution in [0.4, 0.5) is 0 Å². The molecule has 0 saturated heterocycles. The summed E-state index contributed by atoms with van der Waals surface area (Å²) in [5, 5.41) is 13.9. The second kappa shape index (κ2) is 6.62. The summed E-state index contributed by atoms with van der Waals surface area (Å²) in [5.41, 5.74) is 0.907. The number of carboxylic acid groups (broad SMARTS) is 1. The fourth-order valence-corrected chi connectivity index (χ4v) is 2.30. The van der Waals surface area contributed by atoms with Crippen LogP contribution in [0.15, 0.2) is 11.4 Å². The van der Waals surface area contributed by atoms with Crippen molar-refractivity contribution in [2.75, 3.05) is 27.2 Å². The van der Waals surface area contributed by atoms with Crippen molar-refractivity contribution in [3.8, 4) is 0 Å². The van der Waals surface area contributed by atoms with Gasteiger partial charge in [0.1, 0.15) is 4.88 Å². The summed E-state index contributed by atoms with van der Waals surface area (Å²) in [6.07, 6.45) is 1.07. The number of rotatable bonds is 7. The van der Waals surface area contributed by atoms with Crippen LogP contribution < -0.4 is 5.32 Å². The first-order valence-corrected chi connectivity index (χ1v) is 6.16. The highest BCUT2D eigenvalue weighted by Crippen LogP contribution is 2.18. The van der Waals surface area contributed by atoms with Crippen molar-refractivity contribution in [2.45, 2.75) is 13.0 Å². The summed E-state index contributed by atoms with van der Waals surface area (Å²) in [5.74, 6) is -0.825. The van der Waals surface area contributed by atoms with Crippen LogP contribution >= 0.6 is 11.3 Å². The Kier molecular flexibility index (Phi) is 5.45. The van der Waals surface area contributed by atoms with Crippen molar-refractivity contribution in [1.82, 2.24) is 10.2 Å². The third kappa shape index (κ3) is 3.92. The van der Waals surface area contributed by atoms with Gasteiger partial charge in [-0.1, -0.05) is 0 Å². The third-order valence-corrected chi connectivity index (χ3v) is 3.29. The minimum atomic E-state index is -0.825. The summed E-state index contributed by atoms with van der Waals surface area (Å²) >= 11 is 1.29. The Bertz CT molecular complexity index is 338. The van der Waals surface area contributed by atoms with E-state index in [1.165, 1.54) is 11.3 Å². The molecule has 1 heterocycles. The van der Waals surface area contributed by atoms with Gasteiger partial charge in [0.05, 0.1) is 0 Å². The molecular formula is C11H18N2O2S. The van der Waals surface area contributed by atoms with Gasteiger partial charge in [-0.25, -0.2) is 4.79 Å². The van der Waals surface area contributed by atoms with Gasteiger partial charge in [0.25, 0.3) is 0 Å². The van der Waals surface area contributed by atoms with E-state index in [1.807, 2.05) is 25.5 Å². The number of carbonyl (C=O) groups is 1. The summed E-state index contributed by atoms with van der Waals surface area (Å²) in [6.45, 7) is 2.66. The van der Waals surface area contributed by atoms with Gasteiger partial charge in [0, 0.05) is 6.54 Å². The lowest BCUT2D eigenvalue weighted by molar-refractivity contribution is 0.0700. The SMILES string of the molecule is CNCCCN(C)Cc1ccsc1C(=O)O. The average Bonchev–Trinajstić information content (AvgIpc) is 2.66. The molecule has 0 amide bonds. The zero-order valence-electron chi connectivity index (χ0n) is 9.69. The van der Waals surface area contributed by atoms with Crippen LogP contribution in [0.25, 0.3) is 0 Å². The van der Waals surface area contributed by atoms with E-state index in [0.717, 1.165) is 25.1 Å². The molecule has 16 heavy (non-hydrogen) atoms. The molecule has 0 unspecified atom stereocenters. The second-order valence-corrected chi connectivity index (χ2v) is 4.69. The number of hydrogen-bond acceptors (Lipinski definition) is 4. The highest BCUT2D eigenvalue weighted by atomic mass is 32.1. The third-order valence-electron chi connectivity index (χ3n) is 2.35. The molecule has 2 N–H and O–H groups in total. The molecule has 0 aliphatic carbocycles. The van der Waals surface area contributed by atoms with Gasteiger partial charge in [0.15, 0.2) is 0 Å². The summed E-state index contributed by atoms with van der Waals surface area (Å²) in [6, 6.07) is 1.89. The average molecular weight is 242 g/mol. The van der Waals surface area contributed by atoms with Gasteiger partial charge in [-0.2, -0.15) is 0 Å². The summed E-state index contributed by atoms with van der Waals surface area (Å²) < 4.78 is 0. The van der Waals surface area contributed by atoms with Gasteiger partial charge < -0.3 is 15.3 Å². The van der Waals surface area contributed by atoms with Gasteiger partial charge in [-0.05, 0) is 50.6 Å². The zero-order valence-corrected chi connectivity index (χ0v) is 10.5. The smallest absolute Gasteiger partial charge is 0.346 e. The molecule has 0 spiro atoms. The molecule has 1 aromatic heterocycles. The van der Waals surface area contributed by atoms with Gasteiger partial charge in [0.2, 0.25) is 0 Å². The fraction of sp³-hybridized carbons (Fsp3) is 0.545. The van der Waals surface area contributed by atoms with Crippen molar-refractivity contribution in [3.63, 3.8) is 0 Å². The van der Waals surface area contributed by atoms with E-state index >= 15 is 0 Å². The normalized spacial score (nSPS) is 10.9. The number of aromatic carboxylic acids is 1. The van der Waals surface area contributed by atoms with Crippen LogP contribution in [0.1, 0.15) is 21.7 Å². The van der Waals surface area contributed by atoms with Gasteiger partial charge in [-0.15, -0.1) is 11.3 Å². The standard InChI is InChI=1S/C11H18N2O2S/c1-12-5-3-6-13(2)8-9-4-7-16-10(9)11(14)15/h4,7,12H,3,5-6,8H2,1-2H3,(H,14,15). The maximum atomic E-state index is 10.9. The zero-order chi connectivity index (χ0) is 12.0. The van der Waals surface area contributed by atoms with Crippen LogP contribution in [-0.2, 0) is 6.54 Å². The molecule has 0 saturated carbocycles. The largest absolute Gasteiger partial charge is 0.477 e. The highest BCUT2D eigenvalue weighted by Gasteiger charge is 2.12. The molecule has 1 rings (SSSR count). The van der Waals surface area contributed by atoms with E-state index < -0.39 is 5.97 Å². The molecule has 0 fully saturated rings. The summed E-state index contributed by atoms with van der Waals surface area (Å²) in [7, 11) is 3.94. The number of hydrogen-bond donors (Lipinski definition) is 2. The molecule has 0 aliphatic rings. The topological polar surface area (TPSA) is 52.6 Å². The van der Waals surface area contributed by atoms with Crippen molar-refractivity contribution >= 4 is 17.3 Å². The molecule has 90 valence electrons. The van der Waals surface area contributed by atoms with Crippen LogP contribution in [0.3, 0.4) is 0 Å². The van der Waals surface area contributed by atoms with Crippen molar-refractivity contribution in [3.05, 3.63) is 21.9 Å². The Hall–Kier alpha value is -0.910. The fourth-order valence-electron chi connectivity index (χ4n) is 1.54.